The molecule has 1 atom stereocenters. The van der Waals surface area contributed by atoms with Crippen molar-refractivity contribution in [3.05, 3.63) is 35.9 Å². The number of nitrogens with zero attached hydrogens (tertiary/aromatic N) is 2. The Balaban J connectivity index is 1.77. The van der Waals surface area contributed by atoms with Crippen LogP contribution < -0.4 is 0 Å². The minimum absolute atomic E-state index is 0.00134. The zero-order chi connectivity index (χ0) is 22.6. The Morgan fingerprint density at radius 2 is 1.77 bits per heavy atom. The molecule has 31 heavy (non-hydrogen) atoms. The lowest BCUT2D eigenvalue weighted by atomic mass is 10.2. The third-order valence-electron chi connectivity index (χ3n) is 5.18. The van der Waals surface area contributed by atoms with E-state index in [2.05, 4.69) is 0 Å². The van der Waals surface area contributed by atoms with Gasteiger partial charge in [-0.15, -0.1) is 0 Å². The van der Waals surface area contributed by atoms with Crippen molar-refractivity contribution in [1.29, 1.82) is 0 Å². The maximum atomic E-state index is 12.8. The minimum atomic E-state index is -0.457. The lowest BCUT2D eigenvalue weighted by molar-refractivity contribution is -0.175. The van der Waals surface area contributed by atoms with Crippen molar-refractivity contribution < 1.29 is 28.6 Å². The van der Waals surface area contributed by atoms with Crippen LogP contribution in [-0.2, 0) is 35.2 Å². The summed E-state index contributed by atoms with van der Waals surface area (Å²) in [4.78, 5) is 40.2. The molecule has 0 aliphatic carbocycles. The molecule has 2 rings (SSSR count). The van der Waals surface area contributed by atoms with Gasteiger partial charge >= 0.3 is 5.97 Å². The molecule has 0 bridgehead atoms. The molecule has 2 amide bonds. The zero-order valence-electron chi connectivity index (χ0n) is 18.7. The summed E-state index contributed by atoms with van der Waals surface area (Å²) < 4.78 is 16.5. The number of benzene rings is 1. The first kappa shape index (κ1) is 24.8. The molecule has 1 heterocycles. The number of carbonyl (C=O) groups excluding carboxylic acids is 3. The summed E-state index contributed by atoms with van der Waals surface area (Å²) in [5.74, 6) is -0.853. The highest BCUT2D eigenvalue weighted by atomic mass is 16.7. The van der Waals surface area contributed by atoms with Crippen LogP contribution in [0.4, 0.5) is 0 Å². The Bertz CT molecular complexity index is 705. The van der Waals surface area contributed by atoms with E-state index in [1.165, 1.54) is 4.90 Å². The maximum absolute atomic E-state index is 12.8. The van der Waals surface area contributed by atoms with Crippen LogP contribution in [0, 0.1) is 0 Å². The van der Waals surface area contributed by atoms with Crippen LogP contribution in [-0.4, -0.2) is 73.3 Å². The zero-order valence-corrected chi connectivity index (χ0v) is 18.7. The average Bonchev–Trinajstić information content (AvgIpc) is 3.26. The molecular weight excluding hydrogens is 400 g/mol. The topological polar surface area (TPSA) is 85.4 Å². The number of likely N-dealkylation sites (N-methyl/N-ethyl adjacent to an activating group) is 1. The molecule has 1 aromatic carbocycles. The van der Waals surface area contributed by atoms with Gasteiger partial charge in [-0.2, -0.15) is 0 Å². The Labute approximate surface area is 184 Å². The van der Waals surface area contributed by atoms with Gasteiger partial charge in [0, 0.05) is 33.2 Å². The standard InChI is InChI=1S/C23H34N2O6/c1-4-29-23(30-5-2)19-12-9-15-25(19)21(27)16-24(3)20(26)13-14-22(28)31-17-18-10-7-6-8-11-18/h6-8,10-11,19,23H,4-5,9,12-17H2,1-3H3/t19-/m0/s1. The number of ether oxygens (including phenoxy) is 3. The Morgan fingerprint density at radius 1 is 1.10 bits per heavy atom. The fourth-order valence-corrected chi connectivity index (χ4v) is 3.58. The van der Waals surface area contributed by atoms with E-state index in [9.17, 15) is 14.4 Å². The first-order valence-corrected chi connectivity index (χ1v) is 10.9. The predicted molar refractivity (Wildman–Crippen MR) is 115 cm³/mol. The summed E-state index contributed by atoms with van der Waals surface area (Å²) in [6.07, 6.45) is 1.20. The van der Waals surface area contributed by atoms with E-state index < -0.39 is 12.3 Å². The molecule has 172 valence electrons. The van der Waals surface area contributed by atoms with Crippen LogP contribution in [0.5, 0.6) is 0 Å². The van der Waals surface area contributed by atoms with E-state index in [-0.39, 0.29) is 43.8 Å². The van der Waals surface area contributed by atoms with E-state index >= 15 is 0 Å². The number of hydrogen-bond acceptors (Lipinski definition) is 6. The molecule has 1 saturated heterocycles. The fraction of sp³-hybridized carbons (Fsp3) is 0.609. The first-order valence-electron chi connectivity index (χ1n) is 10.9. The number of likely N-dealkylation sites (tertiary alicyclic amines) is 1. The Hall–Kier alpha value is -2.45. The summed E-state index contributed by atoms with van der Waals surface area (Å²) >= 11 is 0. The third kappa shape index (κ3) is 7.95. The quantitative estimate of drug-likeness (QED) is 0.371. The van der Waals surface area contributed by atoms with E-state index in [0.29, 0.717) is 19.8 Å². The van der Waals surface area contributed by atoms with Gasteiger partial charge in [0.1, 0.15) is 6.61 Å². The van der Waals surface area contributed by atoms with Crippen molar-refractivity contribution >= 4 is 17.8 Å². The van der Waals surface area contributed by atoms with Gasteiger partial charge in [-0.3, -0.25) is 14.4 Å². The SMILES string of the molecule is CCOC(OCC)[C@@H]1CCCN1C(=O)CN(C)C(=O)CCC(=O)OCc1ccccc1. The molecule has 8 heteroatoms. The molecule has 1 fully saturated rings. The van der Waals surface area contributed by atoms with E-state index in [0.717, 1.165) is 18.4 Å². The van der Waals surface area contributed by atoms with E-state index in [1.807, 2.05) is 44.2 Å². The summed E-state index contributed by atoms with van der Waals surface area (Å²) in [6.45, 7) is 5.55. The molecule has 0 radical (unpaired) electrons. The molecule has 1 aromatic rings. The van der Waals surface area contributed by atoms with Crippen LogP contribution in [0.3, 0.4) is 0 Å². The van der Waals surface area contributed by atoms with Crippen molar-refractivity contribution in [2.45, 2.75) is 58.5 Å². The van der Waals surface area contributed by atoms with Gasteiger partial charge in [-0.05, 0) is 32.3 Å². The number of esters is 1. The lowest BCUT2D eigenvalue weighted by Gasteiger charge is -2.32. The average molecular weight is 435 g/mol. The van der Waals surface area contributed by atoms with Crippen molar-refractivity contribution in [1.82, 2.24) is 9.80 Å². The monoisotopic (exact) mass is 434 g/mol. The Kier molecular flexibility index (Phi) is 10.5. The summed E-state index contributed by atoms with van der Waals surface area (Å²) in [6, 6.07) is 9.21. The smallest absolute Gasteiger partial charge is 0.306 e. The van der Waals surface area contributed by atoms with Crippen molar-refractivity contribution in [2.24, 2.45) is 0 Å². The highest BCUT2D eigenvalue weighted by molar-refractivity contribution is 5.86. The lowest BCUT2D eigenvalue weighted by Crippen LogP contribution is -2.48. The van der Waals surface area contributed by atoms with Gasteiger partial charge < -0.3 is 24.0 Å². The third-order valence-corrected chi connectivity index (χ3v) is 5.18. The molecule has 0 aromatic heterocycles. The van der Waals surface area contributed by atoms with Crippen LogP contribution in [0.1, 0.15) is 45.1 Å². The van der Waals surface area contributed by atoms with Crippen molar-refractivity contribution in [3.8, 4) is 0 Å². The molecule has 0 N–H and O–H groups in total. The van der Waals surface area contributed by atoms with Crippen molar-refractivity contribution in [3.63, 3.8) is 0 Å². The van der Waals surface area contributed by atoms with Gasteiger partial charge in [0.05, 0.1) is 19.0 Å². The van der Waals surface area contributed by atoms with Crippen molar-refractivity contribution in [2.75, 3.05) is 33.4 Å². The Morgan fingerprint density at radius 3 is 2.42 bits per heavy atom. The van der Waals surface area contributed by atoms with Gasteiger partial charge in [-0.25, -0.2) is 0 Å². The number of amides is 2. The summed E-state index contributed by atoms with van der Waals surface area (Å²) in [5, 5.41) is 0. The van der Waals surface area contributed by atoms with Crippen LogP contribution in [0.2, 0.25) is 0 Å². The van der Waals surface area contributed by atoms with Crippen LogP contribution in [0.25, 0.3) is 0 Å². The van der Waals surface area contributed by atoms with E-state index in [1.54, 1.807) is 11.9 Å². The highest BCUT2D eigenvalue weighted by Crippen LogP contribution is 2.23. The molecule has 0 saturated carbocycles. The molecule has 8 nitrogen and oxygen atoms in total. The minimum Gasteiger partial charge on any atom is -0.461 e. The number of carbonyl (C=O) groups is 3. The van der Waals surface area contributed by atoms with E-state index in [4.69, 9.17) is 14.2 Å². The second kappa shape index (κ2) is 13.1. The molecule has 0 unspecified atom stereocenters. The van der Waals surface area contributed by atoms with Crippen LogP contribution >= 0.6 is 0 Å². The van der Waals surface area contributed by atoms with Gasteiger partial charge in [-0.1, -0.05) is 30.3 Å². The summed E-state index contributed by atoms with van der Waals surface area (Å²) in [5.41, 5.74) is 0.891. The van der Waals surface area contributed by atoms with Gasteiger partial charge in [0.25, 0.3) is 0 Å². The molecule has 0 spiro atoms. The second-order valence-corrected chi connectivity index (χ2v) is 7.47. The molecular formula is C23H34N2O6. The summed E-state index contributed by atoms with van der Waals surface area (Å²) in [7, 11) is 1.57. The fourth-order valence-electron chi connectivity index (χ4n) is 3.58. The maximum Gasteiger partial charge on any atom is 0.306 e. The normalized spacial score (nSPS) is 15.9. The predicted octanol–water partition coefficient (Wildman–Crippen LogP) is 2.36. The number of hydrogen-bond donors (Lipinski definition) is 0. The second-order valence-electron chi connectivity index (χ2n) is 7.47. The van der Waals surface area contributed by atoms with Gasteiger partial charge in [0.2, 0.25) is 11.8 Å². The highest BCUT2D eigenvalue weighted by Gasteiger charge is 2.36. The molecule has 1 aliphatic rings. The largest absolute Gasteiger partial charge is 0.461 e. The first-order chi connectivity index (χ1) is 15.0. The molecule has 1 aliphatic heterocycles. The number of rotatable bonds is 12. The van der Waals surface area contributed by atoms with Gasteiger partial charge in [0.15, 0.2) is 6.29 Å². The van der Waals surface area contributed by atoms with Crippen LogP contribution in [0.15, 0.2) is 30.3 Å².